The van der Waals surface area contributed by atoms with Crippen LogP contribution in [0.5, 0.6) is 0 Å². The molecule has 9 heteroatoms. The van der Waals surface area contributed by atoms with Crippen LogP contribution in [0.15, 0.2) is 12.5 Å². The van der Waals surface area contributed by atoms with Crippen molar-refractivity contribution >= 4 is 18.0 Å². The third-order valence-electron chi connectivity index (χ3n) is 3.44. The van der Waals surface area contributed by atoms with E-state index in [1.807, 2.05) is 13.8 Å². The predicted octanol–water partition coefficient (Wildman–Crippen LogP) is 1.18. The molecule has 0 radical (unpaired) electrons. The standard InChI is InChI=1S/C18H30N4O5/c1-11(2)7-14(16(24)26-6)21-15(23)13(8-12-9-19-10-20-12)22-17(25)27-18(3,4)5/h9-11,13-14H,7-8H2,1-6H3,(H3,19,20,21,22,23,25)/p-1/t13-,14?/m0/s1. The Hall–Kier alpha value is -2.58. The van der Waals surface area contributed by atoms with Gasteiger partial charge in [0.1, 0.15) is 17.7 Å². The summed E-state index contributed by atoms with van der Waals surface area (Å²) in [6, 6.07) is -1.79. The Morgan fingerprint density at radius 1 is 1.19 bits per heavy atom. The summed E-state index contributed by atoms with van der Waals surface area (Å²) >= 11 is 0. The summed E-state index contributed by atoms with van der Waals surface area (Å²) in [4.78, 5) is 44.7. The fourth-order valence-corrected chi connectivity index (χ4v) is 2.33. The van der Waals surface area contributed by atoms with Crippen LogP contribution < -0.4 is 15.6 Å². The van der Waals surface area contributed by atoms with Crippen LogP contribution in [-0.2, 0) is 25.5 Å². The number of nitrogens with zero attached hydrogens (tertiary/aromatic N) is 2. The molecule has 27 heavy (non-hydrogen) atoms. The molecule has 0 aliphatic heterocycles. The lowest BCUT2D eigenvalue weighted by Gasteiger charge is -2.25. The molecule has 0 saturated heterocycles. The molecule has 0 aromatic carbocycles. The van der Waals surface area contributed by atoms with Crippen molar-refractivity contribution in [1.82, 2.24) is 20.6 Å². The van der Waals surface area contributed by atoms with Gasteiger partial charge >= 0.3 is 12.1 Å². The number of carbonyl (C=O) groups excluding carboxylic acids is 3. The van der Waals surface area contributed by atoms with Crippen molar-refractivity contribution in [3.8, 4) is 0 Å². The summed E-state index contributed by atoms with van der Waals surface area (Å²) in [6.07, 6.45) is 2.64. The summed E-state index contributed by atoms with van der Waals surface area (Å²) in [5, 5.41) is 5.18. The zero-order chi connectivity index (χ0) is 20.6. The van der Waals surface area contributed by atoms with Gasteiger partial charge in [-0.25, -0.2) is 9.59 Å². The number of ether oxygens (including phenoxy) is 2. The molecule has 1 unspecified atom stereocenters. The fraction of sp³-hybridized carbons (Fsp3) is 0.667. The highest BCUT2D eigenvalue weighted by molar-refractivity contribution is 5.89. The molecule has 1 aromatic rings. The second-order valence-corrected chi connectivity index (χ2v) is 7.63. The average Bonchev–Trinajstić information content (AvgIpc) is 3.03. The van der Waals surface area contributed by atoms with Crippen molar-refractivity contribution in [1.29, 1.82) is 0 Å². The van der Waals surface area contributed by atoms with Crippen LogP contribution in [0.4, 0.5) is 4.79 Å². The van der Waals surface area contributed by atoms with E-state index in [4.69, 9.17) is 9.47 Å². The molecule has 0 bridgehead atoms. The van der Waals surface area contributed by atoms with Crippen LogP contribution in [0.1, 0.15) is 46.7 Å². The van der Waals surface area contributed by atoms with Crippen molar-refractivity contribution < 1.29 is 23.9 Å². The second kappa shape index (κ2) is 9.94. The first-order chi connectivity index (χ1) is 12.5. The van der Waals surface area contributed by atoms with Gasteiger partial charge in [0.25, 0.3) is 0 Å². The van der Waals surface area contributed by atoms with Crippen LogP contribution in [0.25, 0.3) is 0 Å². The maximum absolute atomic E-state index is 12.7. The largest absolute Gasteiger partial charge is 0.467 e. The fourth-order valence-electron chi connectivity index (χ4n) is 2.33. The molecular weight excluding hydrogens is 352 g/mol. The number of carbonyl (C=O) groups is 3. The lowest BCUT2D eigenvalue weighted by Crippen LogP contribution is -2.53. The molecule has 152 valence electrons. The maximum atomic E-state index is 12.7. The van der Waals surface area contributed by atoms with Gasteiger partial charge in [0.15, 0.2) is 0 Å². The highest BCUT2D eigenvalue weighted by Gasteiger charge is 2.29. The number of hydrogen-bond donors (Lipinski definition) is 2. The minimum absolute atomic E-state index is 0.112. The van der Waals surface area contributed by atoms with E-state index in [0.29, 0.717) is 12.1 Å². The summed E-state index contributed by atoms with van der Waals surface area (Å²) in [7, 11) is 1.26. The molecule has 2 amide bonds. The van der Waals surface area contributed by atoms with E-state index in [-0.39, 0.29) is 12.3 Å². The molecule has 0 fully saturated rings. The number of esters is 1. The third kappa shape index (κ3) is 8.57. The summed E-state index contributed by atoms with van der Waals surface area (Å²) in [5.74, 6) is -0.909. The van der Waals surface area contributed by atoms with E-state index in [0.717, 1.165) is 0 Å². The van der Waals surface area contributed by atoms with Crippen molar-refractivity contribution in [3.63, 3.8) is 0 Å². The van der Waals surface area contributed by atoms with Gasteiger partial charge in [0, 0.05) is 0 Å². The molecule has 0 saturated carbocycles. The Kier molecular flexibility index (Phi) is 8.27. The first-order valence-electron chi connectivity index (χ1n) is 8.81. The van der Waals surface area contributed by atoms with E-state index < -0.39 is 35.7 Å². The molecule has 0 aliphatic carbocycles. The van der Waals surface area contributed by atoms with Crippen LogP contribution in [0.3, 0.4) is 0 Å². The number of rotatable bonds is 8. The minimum atomic E-state index is -0.976. The number of hydrogen-bond acceptors (Lipinski definition) is 6. The SMILES string of the molecule is COC(=O)C(CC(C)C)NC(=O)[C@H](Cc1c[n-]cn1)NC(=O)OC(C)(C)C. The van der Waals surface area contributed by atoms with E-state index >= 15 is 0 Å². The highest BCUT2D eigenvalue weighted by atomic mass is 16.6. The molecule has 1 aromatic heterocycles. The van der Waals surface area contributed by atoms with Crippen molar-refractivity contribution in [2.75, 3.05) is 7.11 Å². The van der Waals surface area contributed by atoms with Gasteiger partial charge in [0.05, 0.1) is 7.11 Å². The molecule has 9 nitrogen and oxygen atoms in total. The van der Waals surface area contributed by atoms with Gasteiger partial charge < -0.3 is 30.1 Å². The Morgan fingerprint density at radius 3 is 2.33 bits per heavy atom. The Bertz CT molecular complexity index is 622. The number of alkyl carbamates (subject to hydrolysis) is 1. The first kappa shape index (κ1) is 22.5. The van der Waals surface area contributed by atoms with Gasteiger partial charge in [0.2, 0.25) is 5.91 Å². The van der Waals surface area contributed by atoms with Crippen LogP contribution >= 0.6 is 0 Å². The number of aromatic nitrogens is 2. The third-order valence-corrected chi connectivity index (χ3v) is 3.44. The quantitative estimate of drug-likeness (QED) is 0.649. The second-order valence-electron chi connectivity index (χ2n) is 7.63. The van der Waals surface area contributed by atoms with Crippen LogP contribution in [0.2, 0.25) is 0 Å². The Morgan fingerprint density at radius 2 is 1.85 bits per heavy atom. The van der Waals surface area contributed by atoms with Crippen LogP contribution in [-0.4, -0.2) is 47.7 Å². The summed E-state index contributed by atoms with van der Waals surface area (Å²) < 4.78 is 9.98. The monoisotopic (exact) mass is 381 g/mol. The highest BCUT2D eigenvalue weighted by Crippen LogP contribution is 2.10. The molecular formula is C18H29N4O5-. The molecule has 0 spiro atoms. The molecule has 0 aliphatic rings. The summed E-state index contributed by atoms with van der Waals surface area (Å²) in [5.41, 5.74) is -0.179. The smallest absolute Gasteiger partial charge is 0.408 e. The Labute approximate surface area is 159 Å². The topological polar surface area (TPSA) is 121 Å². The maximum Gasteiger partial charge on any atom is 0.408 e. The van der Waals surface area contributed by atoms with E-state index in [2.05, 4.69) is 20.6 Å². The van der Waals surface area contributed by atoms with E-state index in [1.165, 1.54) is 19.6 Å². The molecule has 2 N–H and O–H groups in total. The van der Waals surface area contributed by atoms with Gasteiger partial charge in [-0.1, -0.05) is 32.1 Å². The first-order valence-corrected chi connectivity index (χ1v) is 8.81. The number of methoxy groups -OCH3 is 1. The normalized spacial score (nSPS) is 13.6. The zero-order valence-corrected chi connectivity index (χ0v) is 16.7. The van der Waals surface area contributed by atoms with E-state index in [9.17, 15) is 14.4 Å². The van der Waals surface area contributed by atoms with Crippen molar-refractivity contribution in [2.24, 2.45) is 5.92 Å². The Balaban J connectivity index is 2.90. The lowest BCUT2D eigenvalue weighted by atomic mass is 10.0. The van der Waals surface area contributed by atoms with E-state index in [1.54, 1.807) is 20.8 Å². The zero-order valence-electron chi connectivity index (χ0n) is 16.7. The van der Waals surface area contributed by atoms with Gasteiger partial charge in [-0.2, -0.15) is 0 Å². The van der Waals surface area contributed by atoms with Gasteiger partial charge in [-0.05, 0) is 39.5 Å². The lowest BCUT2D eigenvalue weighted by molar-refractivity contribution is -0.145. The number of nitrogens with one attached hydrogen (secondary N) is 2. The van der Waals surface area contributed by atoms with Crippen LogP contribution in [0, 0.1) is 5.92 Å². The number of imidazole rings is 1. The van der Waals surface area contributed by atoms with Crippen molar-refractivity contribution in [2.45, 2.75) is 65.1 Å². The minimum Gasteiger partial charge on any atom is -0.467 e. The van der Waals surface area contributed by atoms with Gasteiger partial charge in [-0.15, -0.1) is 0 Å². The van der Waals surface area contributed by atoms with Crippen molar-refractivity contribution in [3.05, 3.63) is 18.2 Å². The summed E-state index contributed by atoms with van der Waals surface area (Å²) in [6.45, 7) is 9.02. The number of amides is 2. The molecule has 1 heterocycles. The predicted molar refractivity (Wildman–Crippen MR) is 97.8 cm³/mol. The molecule has 2 atom stereocenters. The average molecular weight is 381 g/mol. The molecule has 1 rings (SSSR count). The van der Waals surface area contributed by atoms with Gasteiger partial charge in [-0.3, -0.25) is 4.79 Å².